The summed E-state index contributed by atoms with van der Waals surface area (Å²) in [6.07, 6.45) is -2.87. The van der Waals surface area contributed by atoms with Crippen LogP contribution in [-0.2, 0) is 40.7 Å². The third-order valence-corrected chi connectivity index (χ3v) is 14.1. The van der Waals surface area contributed by atoms with E-state index >= 15 is 0 Å². The van der Waals surface area contributed by atoms with Crippen molar-refractivity contribution in [2.45, 2.75) is 79.0 Å². The van der Waals surface area contributed by atoms with E-state index < -0.39 is 71.7 Å². The molecule has 2 aromatic heterocycles. The van der Waals surface area contributed by atoms with Gasteiger partial charge in [-0.1, -0.05) is 60.7 Å². The molecule has 2 aliphatic rings. The zero-order chi connectivity index (χ0) is 48.3. The SMILES string of the molecule is COc1ccc(C(OC[C@H]2O[C@@H](n3cc(C)c(=O)[nH]c3=O)C[C@@H]2OP(O)(=S)OC[C@H]2O[C@@H](n3cc(C)c(=O)[nH]c3=O)C[C@@H]2Oc2c(S)cccc2S)(c2ccccc2)c2ccc(OC)cc2)cc1. The van der Waals surface area contributed by atoms with Crippen molar-refractivity contribution < 1.29 is 42.4 Å². The van der Waals surface area contributed by atoms with E-state index in [0.29, 0.717) is 27.0 Å². The average molecular weight is 1010 g/mol. The van der Waals surface area contributed by atoms with Crippen LogP contribution in [0.1, 0.15) is 53.1 Å². The fraction of sp³-hybridized carbons (Fsp3) is 0.319. The van der Waals surface area contributed by atoms with Gasteiger partial charge in [0, 0.05) is 46.2 Å². The Hall–Kier alpha value is -5.25. The Morgan fingerprint density at radius 2 is 1.16 bits per heavy atom. The second kappa shape index (κ2) is 20.8. The molecule has 1 unspecified atom stereocenters. The fourth-order valence-electron chi connectivity index (χ4n) is 8.31. The Bertz CT molecular complexity index is 2970. The van der Waals surface area contributed by atoms with E-state index in [4.69, 9.17) is 49.3 Å². The fourth-order valence-corrected chi connectivity index (χ4v) is 10.4. The van der Waals surface area contributed by atoms with Crippen LogP contribution in [0.5, 0.6) is 17.2 Å². The Labute approximate surface area is 406 Å². The number of aryl methyl sites for hydroxylation is 2. The number of nitrogens with zero attached hydrogens (tertiary/aromatic N) is 2. The van der Waals surface area contributed by atoms with E-state index in [-0.39, 0.29) is 37.2 Å². The van der Waals surface area contributed by atoms with Gasteiger partial charge in [-0.2, -0.15) is 0 Å². The summed E-state index contributed by atoms with van der Waals surface area (Å²) in [5, 5.41) is 0. The lowest BCUT2D eigenvalue weighted by molar-refractivity contribution is -0.0936. The van der Waals surface area contributed by atoms with E-state index in [1.54, 1.807) is 46.3 Å². The molecule has 0 spiro atoms. The van der Waals surface area contributed by atoms with Gasteiger partial charge in [0.2, 0.25) is 0 Å². The van der Waals surface area contributed by atoms with E-state index in [9.17, 15) is 24.1 Å². The van der Waals surface area contributed by atoms with Gasteiger partial charge >= 0.3 is 18.1 Å². The maximum atomic E-state index is 13.3. The van der Waals surface area contributed by atoms with Crippen molar-refractivity contribution in [2.24, 2.45) is 0 Å². The number of rotatable bonds is 17. The van der Waals surface area contributed by atoms with E-state index in [0.717, 1.165) is 16.7 Å². The molecular formula is C47H49N4O13PS3. The van der Waals surface area contributed by atoms with Crippen molar-refractivity contribution in [3.8, 4) is 17.2 Å². The van der Waals surface area contributed by atoms with Crippen LogP contribution in [-0.4, -0.2) is 75.8 Å². The Balaban J connectivity index is 1.11. The topological polar surface area (TPSA) is 204 Å². The quantitative estimate of drug-likeness (QED) is 0.0408. The molecule has 0 saturated carbocycles. The Morgan fingerprint density at radius 3 is 1.66 bits per heavy atom. The lowest BCUT2D eigenvalue weighted by Crippen LogP contribution is -2.38. The summed E-state index contributed by atoms with van der Waals surface area (Å²) in [6, 6.07) is 29.7. The number of hydrogen-bond donors (Lipinski definition) is 5. The smallest absolute Gasteiger partial charge is 0.330 e. The molecule has 3 N–H and O–H groups in total. The standard InChI is InChI=1S/C47H49N4O13PS3/c1-27-23-50(45(54)48-43(27)52)40-21-34(63-42-38(66)11-8-12-39(42)67)37(62-40)26-60-65(56,68)64-35-22-41(51-24-28(2)44(53)49-46(51)55)61-36(35)25-59-47(29-9-6-5-7-10-29,30-13-17-32(57-3)18-14-30)31-15-19-33(58-4)20-16-31/h5-20,23-24,34-37,40-41,66-67H,21-22,25-26H2,1-4H3,(H,56,68)(H,48,52,54)(H,49,53,55)/t34-,35-,36+,37+,40+,41+,65?/m0/s1. The minimum atomic E-state index is -4.24. The Morgan fingerprint density at radius 1 is 0.691 bits per heavy atom. The van der Waals surface area contributed by atoms with E-state index in [1.165, 1.54) is 21.5 Å². The number of benzene rings is 4. The van der Waals surface area contributed by atoms with Crippen LogP contribution in [0.2, 0.25) is 0 Å². The van der Waals surface area contributed by atoms with Crippen molar-refractivity contribution >= 4 is 43.8 Å². The van der Waals surface area contributed by atoms with Crippen LogP contribution < -0.4 is 36.7 Å². The van der Waals surface area contributed by atoms with E-state index in [1.807, 2.05) is 78.9 Å². The number of H-pyrrole nitrogens is 2. The maximum Gasteiger partial charge on any atom is 0.330 e. The first kappa shape index (κ1) is 49.2. The predicted molar refractivity (Wildman–Crippen MR) is 260 cm³/mol. The Kier molecular flexibility index (Phi) is 15.0. The average Bonchev–Trinajstić information content (AvgIpc) is 3.93. The first-order valence-corrected chi connectivity index (χ1v) is 24.8. The normalized spacial score (nSPS) is 21.3. The highest BCUT2D eigenvalue weighted by Crippen LogP contribution is 2.50. The zero-order valence-electron chi connectivity index (χ0n) is 37.2. The second-order valence-electron chi connectivity index (χ2n) is 16.2. The molecule has 0 bridgehead atoms. The molecule has 17 nitrogen and oxygen atoms in total. The highest BCUT2D eigenvalue weighted by Gasteiger charge is 2.46. The summed E-state index contributed by atoms with van der Waals surface area (Å²) in [6.45, 7) is -1.67. The number of methoxy groups -OCH3 is 2. The number of thiol groups is 2. The molecule has 2 saturated heterocycles. The third kappa shape index (κ3) is 10.5. The van der Waals surface area contributed by atoms with Gasteiger partial charge in [0.15, 0.2) is 0 Å². The molecular weight excluding hydrogens is 956 g/mol. The number of hydrogen-bond acceptors (Lipinski definition) is 15. The summed E-state index contributed by atoms with van der Waals surface area (Å²) in [7, 11) is 3.16. The monoisotopic (exact) mass is 1000 g/mol. The molecule has 8 rings (SSSR count). The molecule has 0 aliphatic carbocycles. The van der Waals surface area contributed by atoms with Crippen molar-refractivity contribution in [1.82, 2.24) is 19.1 Å². The number of aromatic nitrogens is 4. The lowest BCUT2D eigenvalue weighted by atomic mass is 9.80. The highest BCUT2D eigenvalue weighted by molar-refractivity contribution is 8.07. The summed E-state index contributed by atoms with van der Waals surface area (Å²) in [5.41, 5.74) is -0.996. The van der Waals surface area contributed by atoms with Gasteiger partial charge in [0.1, 0.15) is 53.6 Å². The zero-order valence-corrected chi connectivity index (χ0v) is 40.7. The molecule has 4 aromatic carbocycles. The molecule has 2 fully saturated rings. The van der Waals surface area contributed by atoms with Crippen molar-refractivity contribution in [1.29, 1.82) is 0 Å². The lowest BCUT2D eigenvalue weighted by Gasteiger charge is -2.37. The third-order valence-electron chi connectivity index (χ3n) is 11.8. The highest BCUT2D eigenvalue weighted by atomic mass is 32.5. The van der Waals surface area contributed by atoms with Gasteiger partial charge in [-0.05, 0) is 78.7 Å². The maximum absolute atomic E-state index is 13.3. The minimum absolute atomic E-state index is 0.0310. The molecule has 4 heterocycles. The van der Waals surface area contributed by atoms with Gasteiger partial charge < -0.3 is 42.4 Å². The summed E-state index contributed by atoms with van der Waals surface area (Å²) >= 11 is 14.8. The summed E-state index contributed by atoms with van der Waals surface area (Å²) in [5.74, 6) is 1.61. The van der Waals surface area contributed by atoms with Crippen LogP contribution in [0, 0.1) is 13.8 Å². The van der Waals surface area contributed by atoms with Gasteiger partial charge in [-0.3, -0.25) is 28.7 Å². The van der Waals surface area contributed by atoms with Gasteiger partial charge in [0.05, 0.1) is 33.5 Å². The first-order valence-electron chi connectivity index (χ1n) is 21.4. The van der Waals surface area contributed by atoms with Crippen LogP contribution in [0.25, 0.3) is 0 Å². The number of nitrogens with one attached hydrogen (secondary N) is 2. The molecule has 6 aromatic rings. The minimum Gasteiger partial charge on any atom is -0.497 e. The van der Waals surface area contributed by atoms with Crippen molar-refractivity contribution in [2.75, 3.05) is 27.4 Å². The number of aromatic amines is 2. The van der Waals surface area contributed by atoms with Crippen LogP contribution in [0.3, 0.4) is 0 Å². The van der Waals surface area contributed by atoms with Crippen molar-refractivity contribution in [3.05, 3.63) is 179 Å². The number of para-hydroxylation sites is 1. The van der Waals surface area contributed by atoms with Crippen LogP contribution in [0.15, 0.2) is 138 Å². The molecule has 21 heteroatoms. The largest absolute Gasteiger partial charge is 0.497 e. The van der Waals surface area contributed by atoms with E-state index in [2.05, 4.69) is 35.2 Å². The summed E-state index contributed by atoms with van der Waals surface area (Å²) < 4.78 is 52.3. The van der Waals surface area contributed by atoms with Crippen LogP contribution >= 0.6 is 32.0 Å². The molecule has 0 radical (unpaired) electrons. The van der Waals surface area contributed by atoms with Gasteiger partial charge in [0.25, 0.3) is 11.1 Å². The molecule has 7 atom stereocenters. The van der Waals surface area contributed by atoms with Gasteiger partial charge in [-0.25, -0.2) is 9.59 Å². The summed E-state index contributed by atoms with van der Waals surface area (Å²) in [4.78, 5) is 68.4. The van der Waals surface area contributed by atoms with Gasteiger partial charge in [-0.15, -0.1) is 25.3 Å². The second-order valence-corrected chi connectivity index (χ2v) is 19.9. The predicted octanol–water partition coefficient (Wildman–Crippen LogP) is 5.95. The molecule has 358 valence electrons. The van der Waals surface area contributed by atoms with Crippen LogP contribution in [0.4, 0.5) is 0 Å². The number of ether oxygens (including phenoxy) is 6. The molecule has 68 heavy (non-hydrogen) atoms. The first-order chi connectivity index (χ1) is 32.6. The molecule has 2 aliphatic heterocycles. The molecule has 0 amide bonds. The van der Waals surface area contributed by atoms with Crippen molar-refractivity contribution in [3.63, 3.8) is 0 Å².